The Morgan fingerprint density at radius 3 is 2.41 bits per heavy atom. The van der Waals surface area contributed by atoms with E-state index in [1.807, 2.05) is 19.9 Å². The summed E-state index contributed by atoms with van der Waals surface area (Å²) in [5, 5.41) is 14.4. The molecule has 0 saturated carbocycles. The van der Waals surface area contributed by atoms with Crippen molar-refractivity contribution in [2.75, 3.05) is 11.9 Å². The first-order chi connectivity index (χ1) is 17.6. The van der Waals surface area contributed by atoms with Crippen LogP contribution < -0.4 is 5.32 Å². The summed E-state index contributed by atoms with van der Waals surface area (Å²) in [5.41, 5.74) is 2.76. The summed E-state index contributed by atoms with van der Waals surface area (Å²) in [5.74, 6) is -1.14. The van der Waals surface area contributed by atoms with Gasteiger partial charge in [0.15, 0.2) is 0 Å². The number of carbonyl (C=O) groups excluding carboxylic acids is 3. The number of amides is 3. The van der Waals surface area contributed by atoms with E-state index >= 15 is 0 Å². The van der Waals surface area contributed by atoms with Crippen LogP contribution in [-0.2, 0) is 9.59 Å². The number of carbonyl (C=O) groups is 3. The highest BCUT2D eigenvalue weighted by molar-refractivity contribution is 8.18. The predicted octanol–water partition coefficient (Wildman–Crippen LogP) is 6.69. The molecule has 1 heterocycles. The van der Waals surface area contributed by atoms with Gasteiger partial charge in [0.2, 0.25) is 5.91 Å². The SMILES string of the molecule is Cc1cc(C)cc(NC(=O)CN2C(=O)S/C(=C\c3ccc(Sc4ccc(Cl)cc4)c([N+](=O)[O-])c3)C2=O)c1. The van der Waals surface area contributed by atoms with Crippen LogP contribution >= 0.6 is 35.1 Å². The molecule has 0 atom stereocenters. The van der Waals surface area contributed by atoms with Crippen LogP contribution in [-0.4, -0.2) is 33.4 Å². The van der Waals surface area contributed by atoms with Crippen molar-refractivity contribution < 1.29 is 19.3 Å². The molecule has 0 unspecified atom stereocenters. The molecule has 0 aliphatic carbocycles. The fourth-order valence-corrected chi connectivity index (χ4v) is 5.53. The highest BCUT2D eigenvalue weighted by Crippen LogP contribution is 2.37. The zero-order valence-corrected chi connectivity index (χ0v) is 22.1. The van der Waals surface area contributed by atoms with Crippen LogP contribution in [0.2, 0.25) is 5.02 Å². The number of nitrogens with zero attached hydrogens (tertiary/aromatic N) is 2. The molecule has 1 fully saturated rings. The van der Waals surface area contributed by atoms with Crippen molar-refractivity contribution in [2.45, 2.75) is 23.6 Å². The average Bonchev–Trinajstić information content (AvgIpc) is 3.07. The van der Waals surface area contributed by atoms with Crippen molar-refractivity contribution in [1.82, 2.24) is 4.90 Å². The second-order valence-electron chi connectivity index (χ2n) is 8.23. The van der Waals surface area contributed by atoms with Gasteiger partial charge in [0.1, 0.15) is 6.54 Å². The molecule has 8 nitrogen and oxygen atoms in total. The lowest BCUT2D eigenvalue weighted by Crippen LogP contribution is -2.36. The molecule has 1 aliphatic rings. The first kappa shape index (κ1) is 26.5. The van der Waals surface area contributed by atoms with Crippen molar-refractivity contribution in [3.8, 4) is 0 Å². The summed E-state index contributed by atoms with van der Waals surface area (Å²) < 4.78 is 0. The fraction of sp³-hybridized carbons (Fsp3) is 0.115. The van der Waals surface area contributed by atoms with Gasteiger partial charge in [0, 0.05) is 21.7 Å². The van der Waals surface area contributed by atoms with E-state index in [0.29, 0.717) is 32.9 Å². The lowest BCUT2D eigenvalue weighted by molar-refractivity contribution is -0.387. The van der Waals surface area contributed by atoms with Crippen molar-refractivity contribution in [2.24, 2.45) is 0 Å². The number of anilines is 1. The summed E-state index contributed by atoms with van der Waals surface area (Å²) in [7, 11) is 0. The Balaban J connectivity index is 1.49. The summed E-state index contributed by atoms with van der Waals surface area (Å²) in [6.45, 7) is 3.36. The Hall–Kier alpha value is -3.60. The van der Waals surface area contributed by atoms with Crippen molar-refractivity contribution in [3.63, 3.8) is 0 Å². The maximum atomic E-state index is 12.9. The minimum Gasteiger partial charge on any atom is -0.325 e. The molecule has 4 rings (SSSR count). The maximum absolute atomic E-state index is 12.9. The van der Waals surface area contributed by atoms with E-state index < -0.39 is 28.5 Å². The third-order valence-corrected chi connectivity index (χ3v) is 7.43. The average molecular weight is 554 g/mol. The number of nitro groups is 1. The number of nitro benzene ring substituents is 1. The molecule has 0 radical (unpaired) electrons. The van der Waals surface area contributed by atoms with Crippen LogP contribution in [0, 0.1) is 24.0 Å². The van der Waals surface area contributed by atoms with Gasteiger partial charge in [-0.2, -0.15) is 0 Å². The third-order valence-electron chi connectivity index (χ3n) is 5.20. The van der Waals surface area contributed by atoms with Gasteiger partial charge in [-0.1, -0.05) is 35.5 Å². The molecule has 0 aromatic heterocycles. The van der Waals surface area contributed by atoms with E-state index in [4.69, 9.17) is 11.6 Å². The number of benzene rings is 3. The summed E-state index contributed by atoms with van der Waals surface area (Å²) in [6.07, 6.45) is 1.41. The van der Waals surface area contributed by atoms with E-state index in [1.54, 1.807) is 48.5 Å². The smallest absolute Gasteiger partial charge is 0.294 e. The standard InChI is InChI=1S/C26H20ClN3O5S2/c1-15-9-16(2)11-19(10-15)28-24(31)14-29-25(32)23(37-26(29)33)13-17-3-8-22(21(12-17)30(34)35)36-20-6-4-18(27)5-7-20/h3-13H,14H2,1-2H3,(H,28,31)/b23-13-. The second-order valence-corrected chi connectivity index (χ2v) is 10.8. The van der Waals surface area contributed by atoms with Crippen LogP contribution in [0.1, 0.15) is 16.7 Å². The molecule has 0 bridgehead atoms. The first-order valence-electron chi connectivity index (χ1n) is 10.9. The van der Waals surface area contributed by atoms with Gasteiger partial charge in [-0.25, -0.2) is 0 Å². The second kappa shape index (κ2) is 11.2. The number of rotatable bonds is 7. The molecular weight excluding hydrogens is 534 g/mol. The molecule has 37 heavy (non-hydrogen) atoms. The lowest BCUT2D eigenvalue weighted by atomic mass is 10.1. The highest BCUT2D eigenvalue weighted by atomic mass is 35.5. The monoisotopic (exact) mass is 553 g/mol. The highest BCUT2D eigenvalue weighted by Gasteiger charge is 2.36. The van der Waals surface area contributed by atoms with Crippen LogP contribution in [0.4, 0.5) is 16.2 Å². The zero-order valence-electron chi connectivity index (χ0n) is 19.7. The normalized spacial score (nSPS) is 14.4. The molecule has 3 amide bonds. The number of aryl methyl sites for hydroxylation is 2. The van der Waals surface area contributed by atoms with E-state index in [0.717, 1.165) is 20.9 Å². The minimum absolute atomic E-state index is 0.0802. The Labute approximate surface area is 226 Å². The molecule has 11 heteroatoms. The summed E-state index contributed by atoms with van der Waals surface area (Å²) in [4.78, 5) is 51.2. The van der Waals surface area contributed by atoms with E-state index in [2.05, 4.69) is 5.32 Å². The summed E-state index contributed by atoms with van der Waals surface area (Å²) >= 11 is 7.80. The van der Waals surface area contributed by atoms with Crippen LogP contribution in [0.25, 0.3) is 6.08 Å². The van der Waals surface area contributed by atoms with Crippen LogP contribution in [0.15, 0.2) is 75.4 Å². The Bertz CT molecular complexity index is 1440. The maximum Gasteiger partial charge on any atom is 0.294 e. The number of halogens is 1. The summed E-state index contributed by atoms with van der Waals surface area (Å²) in [6, 6.07) is 17.0. The number of nitrogens with one attached hydrogen (secondary N) is 1. The van der Waals surface area contributed by atoms with Crippen LogP contribution in [0.5, 0.6) is 0 Å². The predicted molar refractivity (Wildman–Crippen MR) is 146 cm³/mol. The molecule has 1 N–H and O–H groups in total. The quantitative estimate of drug-likeness (QED) is 0.197. The van der Waals surface area contributed by atoms with E-state index in [1.165, 1.54) is 23.9 Å². The van der Waals surface area contributed by atoms with Gasteiger partial charge in [0.25, 0.3) is 16.8 Å². The largest absolute Gasteiger partial charge is 0.325 e. The van der Waals surface area contributed by atoms with Gasteiger partial charge in [-0.05, 0) is 90.8 Å². The molecule has 188 valence electrons. The molecule has 3 aromatic carbocycles. The lowest BCUT2D eigenvalue weighted by Gasteiger charge is -2.13. The third kappa shape index (κ3) is 6.59. The number of thioether (sulfide) groups is 1. The number of imide groups is 1. The molecule has 0 spiro atoms. The molecular formula is C26H20ClN3O5S2. The minimum atomic E-state index is -0.632. The molecule has 3 aromatic rings. The molecule has 1 aliphatic heterocycles. The van der Waals surface area contributed by atoms with Gasteiger partial charge >= 0.3 is 0 Å². The van der Waals surface area contributed by atoms with Crippen molar-refractivity contribution >= 4 is 69.6 Å². The van der Waals surface area contributed by atoms with Gasteiger partial charge in [-0.3, -0.25) is 29.4 Å². The Kier molecular flexibility index (Phi) is 8.01. The van der Waals surface area contributed by atoms with Crippen molar-refractivity contribution in [1.29, 1.82) is 0 Å². The van der Waals surface area contributed by atoms with Gasteiger partial charge in [-0.15, -0.1) is 0 Å². The van der Waals surface area contributed by atoms with Crippen molar-refractivity contribution in [3.05, 3.63) is 97.4 Å². The van der Waals surface area contributed by atoms with Gasteiger partial charge < -0.3 is 5.32 Å². The number of hydrogen-bond acceptors (Lipinski definition) is 7. The Morgan fingerprint density at radius 2 is 1.76 bits per heavy atom. The molecule has 1 saturated heterocycles. The van der Waals surface area contributed by atoms with E-state index in [-0.39, 0.29) is 10.6 Å². The number of hydrogen-bond donors (Lipinski definition) is 1. The van der Waals surface area contributed by atoms with E-state index in [9.17, 15) is 24.5 Å². The van der Waals surface area contributed by atoms with Gasteiger partial charge in [0.05, 0.1) is 14.7 Å². The Morgan fingerprint density at radius 1 is 1.08 bits per heavy atom. The zero-order chi connectivity index (χ0) is 26.7. The topological polar surface area (TPSA) is 110 Å². The fourth-order valence-electron chi connectivity index (χ4n) is 3.66. The first-order valence-corrected chi connectivity index (χ1v) is 13.0. The van der Waals surface area contributed by atoms with Crippen LogP contribution in [0.3, 0.4) is 0 Å².